The predicted molar refractivity (Wildman–Crippen MR) is 116 cm³/mol. The van der Waals surface area contributed by atoms with E-state index in [1.807, 2.05) is 42.6 Å². The SMILES string of the molecule is O=c1c(Oc2ccccc2Br)coc2c3c(ccc12)OCN(Cc1cccnc1)C3. The van der Waals surface area contributed by atoms with Crippen LogP contribution in [0.15, 0.2) is 80.9 Å². The van der Waals surface area contributed by atoms with Crippen LogP contribution in [-0.2, 0) is 13.1 Å². The molecule has 0 saturated heterocycles. The Bertz CT molecular complexity index is 1270. The van der Waals surface area contributed by atoms with E-state index in [0.29, 0.717) is 36.5 Å². The van der Waals surface area contributed by atoms with Crippen LogP contribution in [0.4, 0.5) is 0 Å². The van der Waals surface area contributed by atoms with Gasteiger partial charge in [0.05, 0.1) is 15.4 Å². The van der Waals surface area contributed by atoms with Crippen LogP contribution in [0.3, 0.4) is 0 Å². The van der Waals surface area contributed by atoms with E-state index < -0.39 is 0 Å². The van der Waals surface area contributed by atoms with Crippen LogP contribution in [0.25, 0.3) is 11.0 Å². The summed E-state index contributed by atoms with van der Waals surface area (Å²) in [6, 6.07) is 14.8. The van der Waals surface area contributed by atoms with Gasteiger partial charge in [-0.2, -0.15) is 0 Å². The molecule has 4 aromatic rings. The van der Waals surface area contributed by atoms with Crippen molar-refractivity contribution in [3.63, 3.8) is 0 Å². The monoisotopic (exact) mass is 464 g/mol. The minimum Gasteiger partial charge on any atom is -0.478 e. The minimum atomic E-state index is -0.223. The fourth-order valence-corrected chi connectivity index (χ4v) is 3.87. The molecule has 2 aromatic carbocycles. The lowest BCUT2D eigenvalue weighted by atomic mass is 10.1. The molecular formula is C23H17BrN2O4. The van der Waals surface area contributed by atoms with Crippen LogP contribution >= 0.6 is 15.9 Å². The molecule has 0 amide bonds. The highest BCUT2D eigenvalue weighted by Gasteiger charge is 2.23. The lowest BCUT2D eigenvalue weighted by molar-refractivity contribution is 0.0889. The number of pyridine rings is 1. The fourth-order valence-electron chi connectivity index (χ4n) is 3.50. The van der Waals surface area contributed by atoms with Crippen molar-refractivity contribution in [2.45, 2.75) is 13.1 Å². The van der Waals surface area contributed by atoms with Crippen LogP contribution in [0, 0.1) is 0 Å². The maximum atomic E-state index is 13.0. The van der Waals surface area contributed by atoms with Gasteiger partial charge in [-0.05, 0) is 51.8 Å². The molecular weight excluding hydrogens is 448 g/mol. The molecule has 7 heteroatoms. The Hall–Kier alpha value is -3.16. The zero-order valence-electron chi connectivity index (χ0n) is 15.9. The van der Waals surface area contributed by atoms with Gasteiger partial charge in [-0.15, -0.1) is 0 Å². The number of halogens is 1. The van der Waals surface area contributed by atoms with Gasteiger partial charge in [-0.1, -0.05) is 18.2 Å². The van der Waals surface area contributed by atoms with Crippen LogP contribution < -0.4 is 14.9 Å². The van der Waals surface area contributed by atoms with Crippen LogP contribution in [-0.4, -0.2) is 16.6 Å². The maximum Gasteiger partial charge on any atom is 0.235 e. The van der Waals surface area contributed by atoms with Crippen molar-refractivity contribution in [3.05, 3.63) is 93.0 Å². The summed E-state index contributed by atoms with van der Waals surface area (Å²) >= 11 is 3.43. The molecule has 30 heavy (non-hydrogen) atoms. The van der Waals surface area contributed by atoms with Gasteiger partial charge in [0, 0.05) is 25.5 Å². The molecule has 0 aliphatic carbocycles. The molecule has 1 aliphatic heterocycles. The van der Waals surface area contributed by atoms with Gasteiger partial charge in [0.25, 0.3) is 0 Å². The first kappa shape index (κ1) is 18.8. The van der Waals surface area contributed by atoms with E-state index in [0.717, 1.165) is 21.3 Å². The second kappa shape index (κ2) is 7.93. The topological polar surface area (TPSA) is 64.8 Å². The number of nitrogens with zero attached hydrogens (tertiary/aromatic N) is 2. The zero-order valence-corrected chi connectivity index (χ0v) is 17.5. The van der Waals surface area contributed by atoms with E-state index in [1.165, 1.54) is 6.26 Å². The van der Waals surface area contributed by atoms with Crippen molar-refractivity contribution in [3.8, 4) is 17.2 Å². The summed E-state index contributed by atoms with van der Waals surface area (Å²) in [5, 5.41) is 0.463. The van der Waals surface area contributed by atoms with Gasteiger partial charge in [0.15, 0.2) is 0 Å². The van der Waals surface area contributed by atoms with E-state index in [4.69, 9.17) is 13.9 Å². The van der Waals surface area contributed by atoms with Crippen molar-refractivity contribution in [2.75, 3.05) is 6.73 Å². The molecule has 0 fully saturated rings. The van der Waals surface area contributed by atoms with Crippen molar-refractivity contribution in [1.82, 2.24) is 9.88 Å². The average molecular weight is 465 g/mol. The molecule has 0 saturated carbocycles. The summed E-state index contributed by atoms with van der Waals surface area (Å²) in [4.78, 5) is 19.3. The summed E-state index contributed by atoms with van der Waals surface area (Å²) in [7, 11) is 0. The number of hydrogen-bond acceptors (Lipinski definition) is 6. The van der Waals surface area contributed by atoms with Gasteiger partial charge in [-0.3, -0.25) is 14.7 Å². The van der Waals surface area contributed by atoms with Crippen molar-refractivity contribution in [1.29, 1.82) is 0 Å². The maximum absolute atomic E-state index is 13.0. The summed E-state index contributed by atoms with van der Waals surface area (Å²) in [6.07, 6.45) is 4.95. The van der Waals surface area contributed by atoms with Crippen molar-refractivity contribution in [2.24, 2.45) is 0 Å². The third-order valence-electron chi connectivity index (χ3n) is 4.94. The van der Waals surface area contributed by atoms with E-state index in [-0.39, 0.29) is 11.2 Å². The average Bonchev–Trinajstić information content (AvgIpc) is 2.77. The highest BCUT2D eigenvalue weighted by molar-refractivity contribution is 9.10. The summed E-state index contributed by atoms with van der Waals surface area (Å²) < 4.78 is 18.3. The smallest absolute Gasteiger partial charge is 0.235 e. The Kier molecular flexibility index (Phi) is 4.98. The Morgan fingerprint density at radius 1 is 1.10 bits per heavy atom. The van der Waals surface area contributed by atoms with Crippen molar-refractivity contribution >= 4 is 26.9 Å². The molecule has 0 unspecified atom stereocenters. The van der Waals surface area contributed by atoms with Gasteiger partial charge in [0.2, 0.25) is 11.2 Å². The number of rotatable bonds is 4. The molecule has 0 bridgehead atoms. The predicted octanol–water partition coefficient (Wildman–Crippen LogP) is 5.09. The second-order valence-corrected chi connectivity index (χ2v) is 7.86. The largest absolute Gasteiger partial charge is 0.478 e. The number of fused-ring (bicyclic) bond motifs is 3. The first-order chi connectivity index (χ1) is 14.7. The Balaban J connectivity index is 1.48. The first-order valence-corrected chi connectivity index (χ1v) is 10.2. The molecule has 0 spiro atoms. The standard InChI is InChI=1S/C23H17BrN2O4/c24-18-5-1-2-6-20(18)30-21-13-28-23-16(22(21)27)7-8-19-17(23)12-26(14-29-19)11-15-4-3-9-25-10-15/h1-10,13H,11-12,14H2. The summed E-state index contributed by atoms with van der Waals surface area (Å²) in [6.45, 7) is 1.76. The van der Waals surface area contributed by atoms with E-state index >= 15 is 0 Å². The second-order valence-electron chi connectivity index (χ2n) is 7.00. The van der Waals surface area contributed by atoms with E-state index in [9.17, 15) is 4.79 Å². The van der Waals surface area contributed by atoms with Crippen molar-refractivity contribution < 1.29 is 13.9 Å². The molecule has 2 aromatic heterocycles. The number of benzene rings is 2. The van der Waals surface area contributed by atoms with Gasteiger partial charge >= 0.3 is 0 Å². The van der Waals surface area contributed by atoms with Crippen LogP contribution in [0.1, 0.15) is 11.1 Å². The third kappa shape index (κ3) is 3.58. The highest BCUT2D eigenvalue weighted by Crippen LogP contribution is 2.34. The van der Waals surface area contributed by atoms with Gasteiger partial charge in [-0.25, -0.2) is 0 Å². The zero-order chi connectivity index (χ0) is 20.5. The quantitative estimate of drug-likeness (QED) is 0.418. The van der Waals surface area contributed by atoms with Crippen LogP contribution in [0.2, 0.25) is 0 Å². The van der Waals surface area contributed by atoms with Gasteiger partial charge < -0.3 is 13.9 Å². The molecule has 0 atom stereocenters. The third-order valence-corrected chi connectivity index (χ3v) is 5.59. The van der Waals surface area contributed by atoms with E-state index in [1.54, 1.807) is 18.3 Å². The van der Waals surface area contributed by atoms with Crippen LogP contribution in [0.5, 0.6) is 17.2 Å². The molecule has 1 aliphatic rings. The molecule has 0 N–H and O–H groups in total. The number of para-hydroxylation sites is 1. The first-order valence-electron chi connectivity index (χ1n) is 9.43. The number of aromatic nitrogens is 1. The Morgan fingerprint density at radius 2 is 2.00 bits per heavy atom. The number of ether oxygens (including phenoxy) is 2. The summed E-state index contributed by atoms with van der Waals surface area (Å²) in [5.41, 5.74) is 2.24. The molecule has 150 valence electrons. The summed E-state index contributed by atoms with van der Waals surface area (Å²) in [5.74, 6) is 1.42. The highest BCUT2D eigenvalue weighted by atomic mass is 79.9. The molecule has 3 heterocycles. The molecule has 5 rings (SSSR count). The van der Waals surface area contributed by atoms with E-state index in [2.05, 4.69) is 25.8 Å². The Labute approximate surface area is 180 Å². The fraction of sp³-hybridized carbons (Fsp3) is 0.130. The van der Waals surface area contributed by atoms with Gasteiger partial charge in [0.1, 0.15) is 30.1 Å². The Morgan fingerprint density at radius 3 is 2.83 bits per heavy atom. The molecule has 0 radical (unpaired) electrons. The lowest BCUT2D eigenvalue weighted by Crippen LogP contribution is -2.31. The lowest BCUT2D eigenvalue weighted by Gasteiger charge is -2.29. The normalized spacial score (nSPS) is 13.6. The number of hydrogen-bond donors (Lipinski definition) is 0. The molecule has 6 nitrogen and oxygen atoms in total. The minimum absolute atomic E-state index is 0.137.